The molecule has 0 bridgehead atoms. The van der Waals surface area contributed by atoms with Crippen LogP contribution in [0.25, 0.3) is 11.1 Å². The number of primary amides is 1. The van der Waals surface area contributed by atoms with Gasteiger partial charge in [-0.05, 0) is 29.5 Å². The summed E-state index contributed by atoms with van der Waals surface area (Å²) in [5.41, 5.74) is 11.9. The maximum Gasteiger partial charge on any atom is 0.303 e. The zero-order chi connectivity index (χ0) is 21.8. The van der Waals surface area contributed by atoms with Gasteiger partial charge < -0.3 is 16.6 Å². The van der Waals surface area contributed by atoms with Crippen molar-refractivity contribution in [2.75, 3.05) is 5.73 Å². The molecule has 2 aromatic rings. The number of carboxylic acids is 1. The van der Waals surface area contributed by atoms with Gasteiger partial charge in [-0.2, -0.15) is 0 Å². The summed E-state index contributed by atoms with van der Waals surface area (Å²) in [6.07, 6.45) is 5.24. The predicted molar refractivity (Wildman–Crippen MR) is 109 cm³/mol. The van der Waals surface area contributed by atoms with E-state index in [1.807, 2.05) is 0 Å². The van der Waals surface area contributed by atoms with Crippen molar-refractivity contribution in [1.29, 1.82) is 0 Å². The first kappa shape index (κ1) is 21.9. The van der Waals surface area contributed by atoms with Crippen LogP contribution in [0.1, 0.15) is 41.1 Å². The molecule has 1 atom stereocenters. The number of amides is 1. The van der Waals surface area contributed by atoms with E-state index in [9.17, 15) is 23.1 Å². The van der Waals surface area contributed by atoms with E-state index in [4.69, 9.17) is 23.0 Å². The number of nitrogens with two attached hydrogens (primary N) is 3. The van der Waals surface area contributed by atoms with Crippen molar-refractivity contribution in [1.82, 2.24) is 0 Å². The molecular formula is C20H21N3O5S. The Hall–Kier alpha value is -3.35. The minimum atomic E-state index is -4.46. The molecule has 0 spiro atoms. The molecule has 1 unspecified atom stereocenters. The van der Waals surface area contributed by atoms with Crippen LogP contribution >= 0.6 is 0 Å². The van der Waals surface area contributed by atoms with E-state index in [1.165, 1.54) is 6.07 Å². The van der Waals surface area contributed by atoms with Crippen LogP contribution in [0.4, 0.5) is 5.69 Å². The summed E-state index contributed by atoms with van der Waals surface area (Å²) in [4.78, 5) is 23.0. The molecule has 0 aromatic heterocycles. The Morgan fingerprint density at radius 1 is 1.21 bits per heavy atom. The Balaban J connectivity index is 2.95. The van der Waals surface area contributed by atoms with Gasteiger partial charge in [-0.25, -0.2) is 13.6 Å². The summed E-state index contributed by atoms with van der Waals surface area (Å²) in [7, 11) is -4.46. The van der Waals surface area contributed by atoms with Crippen LogP contribution in [0.5, 0.6) is 0 Å². The van der Waals surface area contributed by atoms with Crippen molar-refractivity contribution in [2.45, 2.75) is 30.1 Å². The van der Waals surface area contributed by atoms with Crippen molar-refractivity contribution in [3.05, 3.63) is 47.5 Å². The third kappa shape index (κ3) is 4.93. The molecule has 9 heteroatoms. The Morgan fingerprint density at radius 3 is 2.31 bits per heavy atom. The zero-order valence-corrected chi connectivity index (χ0v) is 16.3. The first-order valence-corrected chi connectivity index (χ1v) is 10.1. The second-order valence-corrected chi connectivity index (χ2v) is 7.94. The third-order valence-electron chi connectivity index (χ3n) is 4.46. The standard InChI is InChI=1S/C20H21N3O5S/c1-2-3-7-13(10-16(24)25)15-11-14(12-8-5-4-6-9-12)18(21)17(20(22)26)19(15)29(23,27)28/h1,4-6,8-9,11,13H,3,7,10,21H2,(H2,22,26)(H,24,25)(H2,23,27,28). The lowest BCUT2D eigenvalue weighted by Gasteiger charge is -2.22. The number of aliphatic carboxylic acids is 1. The van der Waals surface area contributed by atoms with E-state index < -0.39 is 44.7 Å². The van der Waals surface area contributed by atoms with Gasteiger partial charge in [0.2, 0.25) is 10.0 Å². The summed E-state index contributed by atoms with van der Waals surface area (Å²) >= 11 is 0. The summed E-state index contributed by atoms with van der Waals surface area (Å²) in [6.45, 7) is 0. The van der Waals surface area contributed by atoms with E-state index in [2.05, 4.69) is 5.92 Å². The van der Waals surface area contributed by atoms with Crippen LogP contribution in [-0.2, 0) is 14.8 Å². The molecule has 152 valence electrons. The number of hydrogen-bond donors (Lipinski definition) is 4. The average Bonchev–Trinajstić information content (AvgIpc) is 2.64. The number of carboxylic acid groups (broad SMARTS) is 1. The van der Waals surface area contributed by atoms with Crippen molar-refractivity contribution in [3.63, 3.8) is 0 Å². The molecule has 8 nitrogen and oxygen atoms in total. The number of carbonyl (C=O) groups excluding carboxylic acids is 1. The Kier molecular flexibility index (Phi) is 6.64. The zero-order valence-electron chi connectivity index (χ0n) is 15.5. The number of primary sulfonamides is 1. The summed E-state index contributed by atoms with van der Waals surface area (Å²) in [5.74, 6) is -0.664. The molecule has 0 fully saturated rings. The average molecular weight is 415 g/mol. The van der Waals surface area contributed by atoms with Crippen LogP contribution in [0.15, 0.2) is 41.3 Å². The number of nitrogen functional groups attached to an aromatic ring is 1. The highest BCUT2D eigenvalue weighted by molar-refractivity contribution is 7.89. The fourth-order valence-corrected chi connectivity index (χ4v) is 4.30. The van der Waals surface area contributed by atoms with E-state index in [1.54, 1.807) is 30.3 Å². The normalized spacial score (nSPS) is 12.1. The number of rotatable bonds is 8. The summed E-state index contributed by atoms with van der Waals surface area (Å²) in [5, 5.41) is 14.7. The molecule has 29 heavy (non-hydrogen) atoms. The predicted octanol–water partition coefficient (Wildman–Crippen LogP) is 1.65. The molecule has 0 aliphatic heterocycles. The van der Waals surface area contributed by atoms with Gasteiger partial charge in [-0.3, -0.25) is 9.59 Å². The smallest absolute Gasteiger partial charge is 0.303 e. The topological polar surface area (TPSA) is 167 Å². The van der Waals surface area contributed by atoms with Crippen LogP contribution in [0.2, 0.25) is 0 Å². The lowest BCUT2D eigenvalue weighted by atomic mass is 9.86. The lowest BCUT2D eigenvalue weighted by Crippen LogP contribution is -2.25. The molecule has 0 radical (unpaired) electrons. The highest BCUT2D eigenvalue weighted by Crippen LogP contribution is 2.40. The fraction of sp³-hybridized carbons (Fsp3) is 0.200. The number of anilines is 1. The molecule has 0 saturated heterocycles. The van der Waals surface area contributed by atoms with Crippen LogP contribution in [0, 0.1) is 12.3 Å². The first-order chi connectivity index (χ1) is 13.6. The van der Waals surface area contributed by atoms with Gasteiger partial charge in [0.25, 0.3) is 5.91 Å². The van der Waals surface area contributed by atoms with Crippen molar-refractivity contribution >= 4 is 27.6 Å². The molecule has 0 heterocycles. The third-order valence-corrected chi connectivity index (χ3v) is 5.47. The summed E-state index contributed by atoms with van der Waals surface area (Å²) < 4.78 is 24.7. The van der Waals surface area contributed by atoms with Crippen molar-refractivity contribution < 1.29 is 23.1 Å². The lowest BCUT2D eigenvalue weighted by molar-refractivity contribution is -0.137. The quantitative estimate of drug-likeness (QED) is 0.378. The molecule has 7 N–H and O–H groups in total. The second-order valence-electron chi connectivity index (χ2n) is 6.44. The molecular weight excluding hydrogens is 394 g/mol. The maximum atomic E-state index is 12.4. The number of sulfonamides is 1. The minimum absolute atomic E-state index is 0.0482. The van der Waals surface area contributed by atoms with Crippen LogP contribution in [0.3, 0.4) is 0 Å². The maximum absolute atomic E-state index is 12.4. The molecule has 1 amide bonds. The minimum Gasteiger partial charge on any atom is -0.481 e. The molecule has 0 saturated carbocycles. The van der Waals surface area contributed by atoms with E-state index >= 15 is 0 Å². The van der Waals surface area contributed by atoms with Crippen LogP contribution in [-0.4, -0.2) is 25.4 Å². The van der Waals surface area contributed by atoms with E-state index in [0.29, 0.717) is 11.1 Å². The fourth-order valence-electron chi connectivity index (χ4n) is 3.25. The van der Waals surface area contributed by atoms with E-state index in [0.717, 1.165) is 0 Å². The van der Waals surface area contributed by atoms with Gasteiger partial charge in [0.05, 0.1) is 17.7 Å². The molecule has 0 aliphatic rings. The monoisotopic (exact) mass is 415 g/mol. The van der Waals surface area contributed by atoms with E-state index in [-0.39, 0.29) is 24.1 Å². The molecule has 0 aliphatic carbocycles. The van der Waals surface area contributed by atoms with Crippen LogP contribution < -0.4 is 16.6 Å². The highest BCUT2D eigenvalue weighted by Gasteiger charge is 2.31. The Morgan fingerprint density at radius 2 is 1.83 bits per heavy atom. The Bertz CT molecular complexity index is 1090. The largest absolute Gasteiger partial charge is 0.481 e. The number of carbonyl (C=O) groups is 2. The highest BCUT2D eigenvalue weighted by atomic mass is 32.2. The second kappa shape index (κ2) is 8.77. The Labute approximate surface area is 168 Å². The van der Waals surface area contributed by atoms with Gasteiger partial charge in [-0.15, -0.1) is 12.3 Å². The van der Waals surface area contributed by atoms with Crippen molar-refractivity contribution in [2.24, 2.45) is 10.9 Å². The number of hydrogen-bond acceptors (Lipinski definition) is 5. The molecule has 2 rings (SSSR count). The first-order valence-electron chi connectivity index (χ1n) is 8.57. The van der Waals surface area contributed by atoms with Crippen molar-refractivity contribution in [3.8, 4) is 23.5 Å². The summed E-state index contributed by atoms with van der Waals surface area (Å²) in [6, 6.07) is 10.1. The SMILES string of the molecule is C#CCCC(CC(=O)O)c1cc(-c2ccccc2)c(N)c(C(N)=O)c1S(N)(=O)=O. The van der Waals surface area contributed by atoms with Gasteiger partial charge in [0.1, 0.15) is 4.90 Å². The van der Waals surface area contributed by atoms with Gasteiger partial charge in [0.15, 0.2) is 0 Å². The number of terminal acetylenes is 1. The molecule has 2 aromatic carbocycles. The van der Waals surface area contributed by atoms with Gasteiger partial charge in [-0.1, -0.05) is 30.3 Å². The van der Waals surface area contributed by atoms with Gasteiger partial charge >= 0.3 is 5.97 Å². The number of benzene rings is 2. The van der Waals surface area contributed by atoms with Gasteiger partial charge in [0, 0.05) is 12.0 Å².